The number of benzene rings is 3. The summed E-state index contributed by atoms with van der Waals surface area (Å²) >= 11 is 0. The molecule has 0 aliphatic rings. The second-order valence-corrected chi connectivity index (χ2v) is 6.82. The first-order valence-corrected chi connectivity index (χ1v) is 9.39. The van der Waals surface area contributed by atoms with Gasteiger partial charge in [0, 0.05) is 22.3 Å². The molecule has 4 rings (SSSR count). The number of hydrogen-bond donors (Lipinski definition) is 2. The number of furan rings is 1. The Balaban J connectivity index is 1.47. The molecule has 150 valence electrons. The molecular weight excluding hydrogens is 380 g/mol. The maximum atomic E-state index is 12.6. The molecule has 2 amide bonds. The van der Waals surface area contributed by atoms with Crippen LogP contribution in [0.1, 0.15) is 26.5 Å². The molecule has 0 fully saturated rings. The average Bonchev–Trinajstić information content (AvgIpc) is 3.20. The van der Waals surface area contributed by atoms with Gasteiger partial charge < -0.3 is 19.8 Å². The van der Waals surface area contributed by atoms with Crippen LogP contribution in [0, 0.1) is 6.92 Å². The first-order valence-electron chi connectivity index (χ1n) is 9.39. The van der Waals surface area contributed by atoms with Crippen molar-refractivity contribution in [3.05, 3.63) is 89.7 Å². The average molecular weight is 400 g/mol. The standard InChI is InChI=1S/C24H20N2O4/c1-15-12-18(25-23(27)17-7-5-8-19(13-17)29-2)10-11-20(15)26-24(28)22-14-16-6-3-4-9-21(16)30-22/h3-14H,1-2H3,(H,25,27)(H,26,28). The first-order chi connectivity index (χ1) is 14.5. The highest BCUT2D eigenvalue weighted by Gasteiger charge is 2.14. The van der Waals surface area contributed by atoms with Crippen molar-refractivity contribution in [3.8, 4) is 5.75 Å². The molecule has 0 aliphatic heterocycles. The van der Waals surface area contributed by atoms with Crippen molar-refractivity contribution in [2.45, 2.75) is 6.92 Å². The Kier molecular flexibility index (Phi) is 5.22. The van der Waals surface area contributed by atoms with Gasteiger partial charge in [-0.1, -0.05) is 24.3 Å². The van der Waals surface area contributed by atoms with Gasteiger partial charge in [0.25, 0.3) is 11.8 Å². The quantitative estimate of drug-likeness (QED) is 0.479. The number of para-hydroxylation sites is 1. The van der Waals surface area contributed by atoms with E-state index in [4.69, 9.17) is 9.15 Å². The normalized spacial score (nSPS) is 10.6. The van der Waals surface area contributed by atoms with Crippen LogP contribution in [0.2, 0.25) is 0 Å². The largest absolute Gasteiger partial charge is 0.497 e. The topological polar surface area (TPSA) is 80.6 Å². The number of methoxy groups -OCH3 is 1. The second kappa shape index (κ2) is 8.13. The van der Waals surface area contributed by atoms with Gasteiger partial charge in [0.1, 0.15) is 11.3 Å². The number of amides is 2. The number of hydrogen-bond acceptors (Lipinski definition) is 4. The van der Waals surface area contributed by atoms with Crippen molar-refractivity contribution in [3.63, 3.8) is 0 Å². The maximum absolute atomic E-state index is 12.6. The maximum Gasteiger partial charge on any atom is 0.291 e. The van der Waals surface area contributed by atoms with Gasteiger partial charge in [-0.2, -0.15) is 0 Å². The monoisotopic (exact) mass is 400 g/mol. The Bertz CT molecular complexity index is 1210. The molecule has 0 saturated carbocycles. The highest BCUT2D eigenvalue weighted by molar-refractivity contribution is 6.06. The van der Waals surface area contributed by atoms with E-state index in [1.807, 2.05) is 31.2 Å². The van der Waals surface area contributed by atoms with Crippen LogP contribution in [-0.2, 0) is 0 Å². The first kappa shape index (κ1) is 19.3. The van der Waals surface area contributed by atoms with Crippen molar-refractivity contribution in [2.75, 3.05) is 17.7 Å². The summed E-state index contributed by atoms with van der Waals surface area (Å²) in [4.78, 5) is 25.0. The fourth-order valence-corrected chi connectivity index (χ4v) is 3.13. The van der Waals surface area contributed by atoms with Gasteiger partial charge in [0.15, 0.2) is 5.76 Å². The molecule has 3 aromatic carbocycles. The summed E-state index contributed by atoms with van der Waals surface area (Å²) in [5.41, 5.74) is 3.23. The number of carbonyl (C=O) groups is 2. The van der Waals surface area contributed by atoms with Gasteiger partial charge >= 0.3 is 0 Å². The Hall–Kier alpha value is -4.06. The lowest BCUT2D eigenvalue weighted by molar-refractivity contribution is 0.0996. The molecular formula is C24H20N2O4. The highest BCUT2D eigenvalue weighted by Crippen LogP contribution is 2.24. The molecule has 2 N–H and O–H groups in total. The van der Waals surface area contributed by atoms with Crippen LogP contribution in [0.5, 0.6) is 5.75 Å². The van der Waals surface area contributed by atoms with Crippen molar-refractivity contribution >= 4 is 34.2 Å². The molecule has 0 saturated heterocycles. The molecule has 0 unspecified atom stereocenters. The number of nitrogens with one attached hydrogen (secondary N) is 2. The predicted molar refractivity (Wildman–Crippen MR) is 116 cm³/mol. The van der Waals surface area contributed by atoms with Crippen molar-refractivity contribution in [1.82, 2.24) is 0 Å². The van der Waals surface area contributed by atoms with Crippen molar-refractivity contribution in [2.24, 2.45) is 0 Å². The summed E-state index contributed by atoms with van der Waals surface area (Å²) in [5, 5.41) is 6.58. The van der Waals surface area contributed by atoms with E-state index >= 15 is 0 Å². The van der Waals surface area contributed by atoms with E-state index in [0.29, 0.717) is 28.3 Å². The third-order valence-corrected chi connectivity index (χ3v) is 4.71. The third-order valence-electron chi connectivity index (χ3n) is 4.71. The summed E-state index contributed by atoms with van der Waals surface area (Å²) in [5.74, 6) is 0.281. The van der Waals surface area contributed by atoms with Gasteiger partial charge in [-0.3, -0.25) is 9.59 Å². The molecule has 1 aromatic heterocycles. The highest BCUT2D eigenvalue weighted by atomic mass is 16.5. The fraction of sp³-hybridized carbons (Fsp3) is 0.0833. The minimum absolute atomic E-state index is 0.242. The summed E-state index contributed by atoms with van der Waals surface area (Å²) < 4.78 is 10.8. The molecule has 0 radical (unpaired) electrons. The van der Waals surface area contributed by atoms with Crippen LogP contribution in [0.3, 0.4) is 0 Å². The zero-order valence-electron chi connectivity index (χ0n) is 16.6. The Morgan fingerprint density at radius 3 is 2.47 bits per heavy atom. The lowest BCUT2D eigenvalue weighted by atomic mass is 10.1. The van der Waals surface area contributed by atoms with E-state index in [1.165, 1.54) is 0 Å². The predicted octanol–water partition coefficient (Wildman–Crippen LogP) is 5.25. The van der Waals surface area contributed by atoms with Crippen LogP contribution >= 0.6 is 0 Å². The number of rotatable bonds is 5. The smallest absolute Gasteiger partial charge is 0.291 e. The SMILES string of the molecule is COc1cccc(C(=O)Nc2ccc(NC(=O)c3cc4ccccc4o3)c(C)c2)c1. The lowest BCUT2D eigenvalue weighted by Gasteiger charge is -2.11. The minimum atomic E-state index is -0.331. The van der Waals surface area contributed by atoms with Crippen LogP contribution in [0.15, 0.2) is 77.2 Å². The summed E-state index contributed by atoms with van der Waals surface area (Å²) in [6.45, 7) is 1.86. The van der Waals surface area contributed by atoms with Crippen LogP contribution in [-0.4, -0.2) is 18.9 Å². The molecule has 0 aliphatic carbocycles. The summed E-state index contributed by atoms with van der Waals surface area (Å²) in [6, 6.07) is 21.4. The second-order valence-electron chi connectivity index (χ2n) is 6.82. The molecule has 1 heterocycles. The number of fused-ring (bicyclic) bond motifs is 1. The molecule has 0 bridgehead atoms. The minimum Gasteiger partial charge on any atom is -0.497 e. The van der Waals surface area contributed by atoms with E-state index in [0.717, 1.165) is 10.9 Å². The zero-order chi connectivity index (χ0) is 21.1. The van der Waals surface area contributed by atoms with E-state index < -0.39 is 0 Å². The van der Waals surface area contributed by atoms with E-state index in [2.05, 4.69) is 10.6 Å². The fourth-order valence-electron chi connectivity index (χ4n) is 3.13. The number of ether oxygens (including phenoxy) is 1. The zero-order valence-corrected chi connectivity index (χ0v) is 16.6. The Morgan fingerprint density at radius 2 is 1.70 bits per heavy atom. The molecule has 6 heteroatoms. The van der Waals surface area contributed by atoms with E-state index in [-0.39, 0.29) is 17.6 Å². The van der Waals surface area contributed by atoms with Crippen LogP contribution < -0.4 is 15.4 Å². The Morgan fingerprint density at radius 1 is 0.867 bits per heavy atom. The van der Waals surface area contributed by atoms with Crippen molar-refractivity contribution < 1.29 is 18.7 Å². The number of carbonyl (C=O) groups excluding carboxylic acids is 2. The van der Waals surface area contributed by atoms with Crippen molar-refractivity contribution in [1.29, 1.82) is 0 Å². The summed E-state index contributed by atoms with van der Waals surface area (Å²) in [6.07, 6.45) is 0. The summed E-state index contributed by atoms with van der Waals surface area (Å²) in [7, 11) is 1.55. The molecule has 4 aromatic rings. The molecule has 6 nitrogen and oxygen atoms in total. The van der Waals surface area contributed by atoms with E-state index in [9.17, 15) is 9.59 Å². The molecule has 0 spiro atoms. The molecule has 30 heavy (non-hydrogen) atoms. The van der Waals surface area contributed by atoms with Gasteiger partial charge in [0.2, 0.25) is 0 Å². The van der Waals surface area contributed by atoms with Gasteiger partial charge in [0.05, 0.1) is 7.11 Å². The Labute approximate surface area is 173 Å². The van der Waals surface area contributed by atoms with Crippen LogP contribution in [0.4, 0.5) is 11.4 Å². The number of anilines is 2. The van der Waals surface area contributed by atoms with Crippen LogP contribution in [0.25, 0.3) is 11.0 Å². The van der Waals surface area contributed by atoms with Gasteiger partial charge in [-0.05, 0) is 61.0 Å². The molecule has 0 atom stereocenters. The van der Waals surface area contributed by atoms with Gasteiger partial charge in [-0.25, -0.2) is 0 Å². The third kappa shape index (κ3) is 4.03. The lowest BCUT2D eigenvalue weighted by Crippen LogP contribution is -2.14. The van der Waals surface area contributed by atoms with Gasteiger partial charge in [-0.15, -0.1) is 0 Å². The number of aryl methyl sites for hydroxylation is 1. The van der Waals surface area contributed by atoms with E-state index in [1.54, 1.807) is 55.6 Å².